The zero-order valence-corrected chi connectivity index (χ0v) is 27.2. The van der Waals surface area contributed by atoms with Crippen molar-refractivity contribution < 1.29 is 29.3 Å². The van der Waals surface area contributed by atoms with Crippen molar-refractivity contribution in [2.75, 3.05) is 32.9 Å². The van der Waals surface area contributed by atoms with Crippen LogP contribution in [0.2, 0.25) is 0 Å². The molecule has 0 unspecified atom stereocenters. The summed E-state index contributed by atoms with van der Waals surface area (Å²) in [7, 11) is 0. The number of hydrogen-bond donors (Lipinski definition) is 4. The van der Waals surface area contributed by atoms with E-state index in [0.717, 1.165) is 25.0 Å². The number of amides is 2. The van der Waals surface area contributed by atoms with E-state index in [9.17, 15) is 14.7 Å². The van der Waals surface area contributed by atoms with Crippen molar-refractivity contribution >= 4 is 22.6 Å². The normalized spacial score (nSPS) is 11.8. The molecule has 0 radical (unpaired) electrons. The van der Waals surface area contributed by atoms with Gasteiger partial charge in [-0.25, -0.2) is 0 Å². The summed E-state index contributed by atoms with van der Waals surface area (Å²) in [6.45, 7) is 14.5. The van der Waals surface area contributed by atoms with E-state index in [4.69, 9.17) is 14.6 Å². The molecule has 0 aliphatic carbocycles. The van der Waals surface area contributed by atoms with Crippen LogP contribution in [0, 0.1) is 0 Å². The number of nitrogens with one attached hydrogen (secondary N) is 2. The third-order valence-electron chi connectivity index (χ3n) is 8.61. The minimum atomic E-state index is -0.424. The van der Waals surface area contributed by atoms with Gasteiger partial charge in [-0.1, -0.05) is 77.9 Å². The van der Waals surface area contributed by atoms with Crippen molar-refractivity contribution in [1.82, 2.24) is 10.6 Å². The van der Waals surface area contributed by atoms with Crippen LogP contribution < -0.4 is 20.1 Å². The maximum Gasteiger partial charge on any atom is 0.257 e. The van der Waals surface area contributed by atoms with Crippen LogP contribution in [0.25, 0.3) is 10.8 Å². The Hall–Kier alpha value is -3.78. The lowest BCUT2D eigenvalue weighted by Crippen LogP contribution is -2.30. The summed E-state index contributed by atoms with van der Waals surface area (Å²) in [6, 6.07) is 15.1. The molecule has 0 bridgehead atoms. The standard InChI is InChI=1S/C36H50N2O6/c1-7-35(3,4)25-16-17-30(29(22-25)36(5,6)8-2)43-21-12-11-18-38-34(42)28-23-31(44-24-32(40)37-19-13-20-39)26-14-9-10-15-27(26)33(28)41/h9-10,14-17,22-23,39,41H,7-8,11-13,18-21,24H2,1-6H3,(H,37,40)(H,38,42). The summed E-state index contributed by atoms with van der Waals surface area (Å²) < 4.78 is 12.0. The lowest BCUT2D eigenvalue weighted by molar-refractivity contribution is -0.123. The maximum absolute atomic E-state index is 13.1. The molecule has 240 valence electrons. The molecule has 2 amide bonds. The Bertz CT molecular complexity index is 1420. The first-order chi connectivity index (χ1) is 20.9. The number of ether oxygens (including phenoxy) is 2. The van der Waals surface area contributed by atoms with E-state index in [-0.39, 0.29) is 41.3 Å². The Balaban J connectivity index is 1.60. The molecular formula is C36H50N2O6. The van der Waals surface area contributed by atoms with Crippen LogP contribution in [0.3, 0.4) is 0 Å². The van der Waals surface area contributed by atoms with E-state index in [2.05, 4.69) is 70.4 Å². The van der Waals surface area contributed by atoms with Gasteiger partial charge in [0.25, 0.3) is 11.8 Å². The van der Waals surface area contributed by atoms with Gasteiger partial charge in [0.2, 0.25) is 0 Å². The molecule has 0 aromatic heterocycles. The molecular weight excluding hydrogens is 556 g/mol. The highest BCUT2D eigenvalue weighted by Gasteiger charge is 2.26. The average Bonchev–Trinajstić information content (AvgIpc) is 3.02. The summed E-state index contributed by atoms with van der Waals surface area (Å²) in [5.74, 6) is 0.338. The minimum Gasteiger partial charge on any atom is -0.506 e. The van der Waals surface area contributed by atoms with Gasteiger partial charge in [0.1, 0.15) is 17.2 Å². The number of aliphatic hydroxyl groups is 1. The van der Waals surface area contributed by atoms with Crippen molar-refractivity contribution in [2.24, 2.45) is 0 Å². The predicted molar refractivity (Wildman–Crippen MR) is 176 cm³/mol. The second-order valence-electron chi connectivity index (χ2n) is 12.5. The van der Waals surface area contributed by atoms with Crippen LogP contribution in [-0.2, 0) is 15.6 Å². The number of phenols is 1. The van der Waals surface area contributed by atoms with Gasteiger partial charge in [0, 0.05) is 36.0 Å². The number of unbranched alkanes of at least 4 members (excludes halogenated alkanes) is 1. The van der Waals surface area contributed by atoms with Crippen molar-refractivity contribution in [3.8, 4) is 17.2 Å². The lowest BCUT2D eigenvalue weighted by atomic mass is 9.76. The first kappa shape index (κ1) is 34.7. The maximum atomic E-state index is 13.1. The number of carbonyl (C=O) groups excluding carboxylic acids is 2. The quantitative estimate of drug-likeness (QED) is 0.132. The fourth-order valence-electron chi connectivity index (χ4n) is 4.83. The van der Waals surface area contributed by atoms with Crippen LogP contribution in [0.5, 0.6) is 17.2 Å². The first-order valence-electron chi connectivity index (χ1n) is 15.8. The van der Waals surface area contributed by atoms with Crippen LogP contribution >= 0.6 is 0 Å². The van der Waals surface area contributed by atoms with E-state index in [0.29, 0.717) is 49.1 Å². The summed E-state index contributed by atoms with van der Waals surface area (Å²) in [5, 5.41) is 26.4. The zero-order chi connectivity index (χ0) is 32.3. The van der Waals surface area contributed by atoms with Gasteiger partial charge >= 0.3 is 0 Å². The van der Waals surface area contributed by atoms with E-state index in [1.807, 2.05) is 0 Å². The van der Waals surface area contributed by atoms with Gasteiger partial charge in [-0.15, -0.1) is 0 Å². The average molecular weight is 607 g/mol. The number of carbonyl (C=O) groups is 2. The number of hydrogen-bond acceptors (Lipinski definition) is 6. The molecule has 0 aliphatic rings. The van der Waals surface area contributed by atoms with Crippen molar-refractivity contribution in [2.45, 2.75) is 84.5 Å². The third kappa shape index (κ3) is 8.88. The van der Waals surface area contributed by atoms with Gasteiger partial charge in [-0.2, -0.15) is 0 Å². The number of phenolic OH excluding ortho intramolecular Hbond substituents is 1. The van der Waals surface area contributed by atoms with Gasteiger partial charge in [-0.05, 0) is 60.6 Å². The van der Waals surface area contributed by atoms with Crippen LogP contribution in [0.4, 0.5) is 0 Å². The Labute approximate surface area is 262 Å². The second kappa shape index (κ2) is 15.8. The molecule has 3 aromatic rings. The van der Waals surface area contributed by atoms with Crippen molar-refractivity contribution in [3.05, 3.63) is 65.2 Å². The smallest absolute Gasteiger partial charge is 0.257 e. The Morgan fingerprint density at radius 3 is 2.16 bits per heavy atom. The van der Waals surface area contributed by atoms with Crippen LogP contribution in [0.1, 0.15) is 95.1 Å². The van der Waals surface area contributed by atoms with Gasteiger partial charge in [0.15, 0.2) is 6.61 Å². The van der Waals surface area contributed by atoms with E-state index < -0.39 is 5.91 Å². The molecule has 0 saturated heterocycles. The van der Waals surface area contributed by atoms with Crippen molar-refractivity contribution in [1.29, 1.82) is 0 Å². The fourth-order valence-corrected chi connectivity index (χ4v) is 4.83. The van der Waals surface area contributed by atoms with E-state index in [1.165, 1.54) is 17.2 Å². The molecule has 0 aliphatic heterocycles. The van der Waals surface area contributed by atoms with Crippen LogP contribution in [0.15, 0.2) is 48.5 Å². The monoisotopic (exact) mass is 606 g/mol. The highest BCUT2D eigenvalue weighted by Crippen LogP contribution is 2.39. The molecule has 0 heterocycles. The van der Waals surface area contributed by atoms with Gasteiger partial charge in [0.05, 0.1) is 12.2 Å². The summed E-state index contributed by atoms with van der Waals surface area (Å²) >= 11 is 0. The third-order valence-corrected chi connectivity index (χ3v) is 8.61. The highest BCUT2D eigenvalue weighted by atomic mass is 16.5. The molecule has 0 saturated carbocycles. The molecule has 3 aromatic carbocycles. The van der Waals surface area contributed by atoms with Gasteiger partial charge < -0.3 is 30.3 Å². The Kier molecular flexibility index (Phi) is 12.5. The summed E-state index contributed by atoms with van der Waals surface area (Å²) in [6.07, 6.45) is 3.95. The molecule has 8 nitrogen and oxygen atoms in total. The molecule has 3 rings (SSSR count). The van der Waals surface area contributed by atoms with E-state index in [1.54, 1.807) is 24.3 Å². The number of rotatable bonds is 17. The second-order valence-corrected chi connectivity index (χ2v) is 12.5. The highest BCUT2D eigenvalue weighted by molar-refractivity contribution is 6.05. The first-order valence-corrected chi connectivity index (χ1v) is 15.8. The predicted octanol–water partition coefficient (Wildman–Crippen LogP) is 6.39. The number of benzene rings is 3. The van der Waals surface area contributed by atoms with Crippen LogP contribution in [-0.4, -0.2) is 54.9 Å². The molecule has 8 heteroatoms. The molecule has 4 N–H and O–H groups in total. The molecule has 0 fully saturated rings. The lowest BCUT2D eigenvalue weighted by Gasteiger charge is -2.30. The summed E-state index contributed by atoms with van der Waals surface area (Å²) in [4.78, 5) is 25.2. The number of aromatic hydroxyl groups is 1. The molecule has 0 atom stereocenters. The largest absolute Gasteiger partial charge is 0.506 e. The minimum absolute atomic E-state index is 0.0149. The molecule has 0 spiro atoms. The fraction of sp³-hybridized carbons (Fsp3) is 0.500. The topological polar surface area (TPSA) is 117 Å². The SMILES string of the molecule is CCC(C)(C)c1ccc(OCCCCNC(=O)c2cc(OCC(=O)NCCCO)c3ccccc3c2O)c(C(C)(C)CC)c1. The van der Waals surface area contributed by atoms with E-state index >= 15 is 0 Å². The number of aliphatic hydroxyl groups excluding tert-OH is 1. The van der Waals surface area contributed by atoms with Gasteiger partial charge in [-0.3, -0.25) is 9.59 Å². The molecule has 44 heavy (non-hydrogen) atoms. The Morgan fingerprint density at radius 1 is 0.795 bits per heavy atom. The van der Waals surface area contributed by atoms with Crippen molar-refractivity contribution in [3.63, 3.8) is 0 Å². The summed E-state index contributed by atoms with van der Waals surface area (Å²) in [5.41, 5.74) is 2.70. The number of fused-ring (bicyclic) bond motifs is 1. The zero-order valence-electron chi connectivity index (χ0n) is 27.2. The Morgan fingerprint density at radius 2 is 1.48 bits per heavy atom.